The van der Waals surface area contributed by atoms with Crippen molar-refractivity contribution in [3.63, 3.8) is 0 Å². The van der Waals surface area contributed by atoms with Crippen LogP contribution in [0.1, 0.15) is 19.5 Å². The van der Waals surface area contributed by atoms with Gasteiger partial charge in [-0.1, -0.05) is 0 Å². The summed E-state index contributed by atoms with van der Waals surface area (Å²) in [5, 5.41) is 4.72. The fraction of sp³-hybridized carbons (Fsp3) is 0.571. The first kappa shape index (κ1) is 13.8. The number of fused-ring (bicyclic) bond motifs is 1. The molecule has 1 aliphatic heterocycles. The third-order valence-corrected chi connectivity index (χ3v) is 4.75. The van der Waals surface area contributed by atoms with E-state index >= 15 is 0 Å². The van der Waals surface area contributed by atoms with Crippen LogP contribution in [0.4, 0.5) is 5.82 Å². The molecule has 6 heteroatoms. The van der Waals surface area contributed by atoms with Gasteiger partial charge in [-0.25, -0.2) is 9.50 Å². The SMILES string of the molecule is Cc1c(Br)nc2ccc(N3CCN(C(C)C)CC3)nn12. The first-order valence-electron chi connectivity index (χ1n) is 7.07. The summed E-state index contributed by atoms with van der Waals surface area (Å²) in [5.41, 5.74) is 1.93. The number of halogens is 1. The van der Waals surface area contributed by atoms with Gasteiger partial charge in [0.2, 0.25) is 0 Å². The maximum Gasteiger partial charge on any atom is 0.155 e. The molecule has 20 heavy (non-hydrogen) atoms. The van der Waals surface area contributed by atoms with E-state index in [-0.39, 0.29) is 0 Å². The Labute approximate surface area is 127 Å². The third-order valence-electron chi connectivity index (χ3n) is 4.00. The highest BCUT2D eigenvalue weighted by Crippen LogP contribution is 2.20. The molecular weight excluding hydrogens is 318 g/mol. The summed E-state index contributed by atoms with van der Waals surface area (Å²) < 4.78 is 2.78. The number of nitrogens with zero attached hydrogens (tertiary/aromatic N) is 5. The number of hydrogen-bond donors (Lipinski definition) is 0. The minimum Gasteiger partial charge on any atom is -0.353 e. The summed E-state index contributed by atoms with van der Waals surface area (Å²) in [6, 6.07) is 4.73. The average molecular weight is 338 g/mol. The van der Waals surface area contributed by atoms with Crippen LogP contribution in [0.2, 0.25) is 0 Å². The van der Waals surface area contributed by atoms with Gasteiger partial charge < -0.3 is 4.90 Å². The fourth-order valence-electron chi connectivity index (χ4n) is 2.64. The van der Waals surface area contributed by atoms with E-state index in [1.807, 2.05) is 17.5 Å². The van der Waals surface area contributed by atoms with Gasteiger partial charge in [-0.3, -0.25) is 4.90 Å². The molecule has 3 heterocycles. The smallest absolute Gasteiger partial charge is 0.155 e. The summed E-state index contributed by atoms with van der Waals surface area (Å²) in [7, 11) is 0. The van der Waals surface area contributed by atoms with Crippen molar-refractivity contribution in [1.82, 2.24) is 19.5 Å². The van der Waals surface area contributed by atoms with E-state index in [0.29, 0.717) is 6.04 Å². The van der Waals surface area contributed by atoms with Crippen LogP contribution >= 0.6 is 15.9 Å². The van der Waals surface area contributed by atoms with Gasteiger partial charge in [0.15, 0.2) is 5.65 Å². The molecule has 0 saturated carbocycles. The van der Waals surface area contributed by atoms with E-state index in [9.17, 15) is 0 Å². The Morgan fingerprint density at radius 2 is 1.85 bits per heavy atom. The lowest BCUT2D eigenvalue weighted by molar-refractivity contribution is 0.209. The predicted molar refractivity (Wildman–Crippen MR) is 84.3 cm³/mol. The molecule has 0 atom stereocenters. The fourth-order valence-corrected chi connectivity index (χ4v) is 2.99. The van der Waals surface area contributed by atoms with Crippen molar-refractivity contribution in [2.45, 2.75) is 26.8 Å². The van der Waals surface area contributed by atoms with Crippen molar-refractivity contribution < 1.29 is 0 Å². The molecule has 0 unspecified atom stereocenters. The van der Waals surface area contributed by atoms with Crippen LogP contribution in [0.15, 0.2) is 16.7 Å². The van der Waals surface area contributed by atoms with E-state index in [0.717, 1.165) is 47.9 Å². The van der Waals surface area contributed by atoms with Crippen LogP contribution in [0.5, 0.6) is 0 Å². The molecule has 1 fully saturated rings. The van der Waals surface area contributed by atoms with Gasteiger partial charge in [0.05, 0.1) is 5.69 Å². The van der Waals surface area contributed by atoms with Gasteiger partial charge in [-0.05, 0) is 48.8 Å². The Balaban J connectivity index is 1.83. The average Bonchev–Trinajstić information content (AvgIpc) is 2.74. The van der Waals surface area contributed by atoms with E-state index in [1.165, 1.54) is 0 Å². The normalized spacial score (nSPS) is 17.4. The van der Waals surface area contributed by atoms with Gasteiger partial charge >= 0.3 is 0 Å². The molecule has 5 nitrogen and oxygen atoms in total. The predicted octanol–water partition coefficient (Wildman–Crippen LogP) is 2.33. The quantitative estimate of drug-likeness (QED) is 0.842. The second-order valence-corrected chi connectivity index (χ2v) is 6.32. The Morgan fingerprint density at radius 1 is 1.15 bits per heavy atom. The lowest BCUT2D eigenvalue weighted by atomic mass is 10.2. The Hall–Kier alpha value is -1.14. The molecule has 0 amide bonds. The van der Waals surface area contributed by atoms with Gasteiger partial charge in [0, 0.05) is 32.2 Å². The molecule has 0 aromatic carbocycles. The van der Waals surface area contributed by atoms with Crippen LogP contribution in [0, 0.1) is 6.92 Å². The van der Waals surface area contributed by atoms with Crippen LogP contribution < -0.4 is 4.90 Å². The molecule has 2 aromatic heterocycles. The van der Waals surface area contributed by atoms with Gasteiger partial charge in [-0.2, -0.15) is 0 Å². The lowest BCUT2D eigenvalue weighted by Gasteiger charge is -2.37. The van der Waals surface area contributed by atoms with Gasteiger partial charge in [0.25, 0.3) is 0 Å². The molecule has 0 radical (unpaired) electrons. The number of aromatic nitrogens is 3. The molecule has 0 bridgehead atoms. The number of aryl methyl sites for hydroxylation is 1. The molecule has 3 rings (SSSR count). The summed E-state index contributed by atoms with van der Waals surface area (Å²) in [5.74, 6) is 1.04. The number of piperazine rings is 1. The highest BCUT2D eigenvalue weighted by Gasteiger charge is 2.20. The summed E-state index contributed by atoms with van der Waals surface area (Å²) >= 11 is 3.46. The van der Waals surface area contributed by atoms with E-state index < -0.39 is 0 Å². The summed E-state index contributed by atoms with van der Waals surface area (Å²) in [4.78, 5) is 9.29. The maximum absolute atomic E-state index is 4.72. The number of rotatable bonds is 2. The van der Waals surface area contributed by atoms with Crippen molar-refractivity contribution in [3.8, 4) is 0 Å². The van der Waals surface area contributed by atoms with Crippen LogP contribution in [0.25, 0.3) is 5.65 Å². The van der Waals surface area contributed by atoms with Crippen molar-refractivity contribution in [3.05, 3.63) is 22.4 Å². The Kier molecular flexibility index (Phi) is 3.69. The third kappa shape index (κ3) is 2.42. The molecule has 1 aliphatic rings. The van der Waals surface area contributed by atoms with Crippen molar-refractivity contribution in [2.24, 2.45) is 0 Å². The number of imidazole rings is 1. The first-order chi connectivity index (χ1) is 9.56. The van der Waals surface area contributed by atoms with Gasteiger partial charge in [0.1, 0.15) is 10.4 Å². The Bertz CT molecular complexity index is 613. The minimum absolute atomic E-state index is 0.624. The lowest BCUT2D eigenvalue weighted by Crippen LogP contribution is -2.49. The van der Waals surface area contributed by atoms with Crippen molar-refractivity contribution in [2.75, 3.05) is 31.1 Å². The molecule has 1 saturated heterocycles. The first-order valence-corrected chi connectivity index (χ1v) is 7.86. The maximum atomic E-state index is 4.72. The largest absolute Gasteiger partial charge is 0.353 e. The molecule has 0 aliphatic carbocycles. The van der Waals surface area contributed by atoms with Crippen LogP contribution in [-0.2, 0) is 0 Å². The topological polar surface area (TPSA) is 36.7 Å². The molecular formula is C14H20BrN5. The minimum atomic E-state index is 0.624. The second kappa shape index (κ2) is 5.33. The molecule has 108 valence electrons. The monoisotopic (exact) mass is 337 g/mol. The number of anilines is 1. The molecule has 0 N–H and O–H groups in total. The van der Waals surface area contributed by atoms with Crippen molar-refractivity contribution >= 4 is 27.4 Å². The zero-order valence-corrected chi connectivity index (χ0v) is 13.8. The molecule has 0 spiro atoms. The Morgan fingerprint density at radius 3 is 2.50 bits per heavy atom. The second-order valence-electron chi connectivity index (χ2n) is 5.57. The van der Waals surface area contributed by atoms with Crippen LogP contribution in [0.3, 0.4) is 0 Å². The van der Waals surface area contributed by atoms with Crippen LogP contribution in [-0.4, -0.2) is 51.7 Å². The molecule has 2 aromatic rings. The van der Waals surface area contributed by atoms with E-state index in [1.54, 1.807) is 0 Å². The standard InChI is InChI=1S/C14H20BrN5/c1-10(2)18-6-8-19(9-7-18)13-5-4-12-16-14(15)11(3)20(12)17-13/h4-5,10H,6-9H2,1-3H3. The zero-order valence-electron chi connectivity index (χ0n) is 12.2. The van der Waals surface area contributed by atoms with E-state index in [4.69, 9.17) is 5.10 Å². The van der Waals surface area contributed by atoms with Gasteiger partial charge in [-0.15, -0.1) is 5.10 Å². The summed E-state index contributed by atoms with van der Waals surface area (Å²) in [6.07, 6.45) is 0. The number of hydrogen-bond acceptors (Lipinski definition) is 4. The van der Waals surface area contributed by atoms with Crippen molar-refractivity contribution in [1.29, 1.82) is 0 Å². The highest BCUT2D eigenvalue weighted by atomic mass is 79.9. The summed E-state index contributed by atoms with van der Waals surface area (Å²) in [6.45, 7) is 10.8. The van der Waals surface area contributed by atoms with E-state index in [2.05, 4.69) is 50.6 Å². The highest BCUT2D eigenvalue weighted by molar-refractivity contribution is 9.10. The zero-order chi connectivity index (χ0) is 14.3.